The number of para-hydroxylation sites is 1. The normalized spacial score (nSPS) is 13.9. The summed E-state index contributed by atoms with van der Waals surface area (Å²) < 4.78 is 18.8. The number of hydrogen-bond donors (Lipinski definition) is 0. The van der Waals surface area contributed by atoms with E-state index in [1.165, 1.54) is 12.1 Å². The van der Waals surface area contributed by atoms with Gasteiger partial charge in [-0.25, -0.2) is 9.37 Å². The molecule has 3 rings (SSSR count). The van der Waals surface area contributed by atoms with Crippen LogP contribution < -0.4 is 4.74 Å². The van der Waals surface area contributed by atoms with E-state index < -0.39 is 5.82 Å². The van der Waals surface area contributed by atoms with Gasteiger partial charge in [0.15, 0.2) is 18.2 Å². The van der Waals surface area contributed by atoms with E-state index in [1.54, 1.807) is 29.7 Å². The van der Waals surface area contributed by atoms with Crippen LogP contribution in [0.3, 0.4) is 0 Å². The zero-order valence-corrected chi connectivity index (χ0v) is 12.9. The maximum absolute atomic E-state index is 13.5. The van der Waals surface area contributed by atoms with E-state index >= 15 is 0 Å². The van der Waals surface area contributed by atoms with Crippen molar-refractivity contribution in [2.45, 2.75) is 25.3 Å². The third-order valence-corrected chi connectivity index (χ3v) is 4.39. The fraction of sp³-hybridized carbons (Fsp3) is 0.375. The summed E-state index contributed by atoms with van der Waals surface area (Å²) in [6.07, 6.45) is 4.58. The Kier molecular flexibility index (Phi) is 4.68. The molecule has 1 aromatic carbocycles. The highest BCUT2D eigenvalue weighted by Gasteiger charge is 2.32. The zero-order chi connectivity index (χ0) is 15.4. The molecular weight excluding hydrogens is 303 g/mol. The van der Waals surface area contributed by atoms with Crippen molar-refractivity contribution in [3.63, 3.8) is 0 Å². The highest BCUT2D eigenvalue weighted by molar-refractivity contribution is 7.09. The van der Waals surface area contributed by atoms with Crippen LogP contribution in [0, 0.1) is 5.82 Å². The Morgan fingerprint density at radius 1 is 1.41 bits per heavy atom. The summed E-state index contributed by atoms with van der Waals surface area (Å²) >= 11 is 1.59. The van der Waals surface area contributed by atoms with Crippen LogP contribution in [0.2, 0.25) is 0 Å². The third-order valence-electron chi connectivity index (χ3n) is 3.55. The lowest BCUT2D eigenvalue weighted by Gasteiger charge is -2.22. The Bertz CT molecular complexity index is 629. The van der Waals surface area contributed by atoms with E-state index in [9.17, 15) is 9.18 Å². The van der Waals surface area contributed by atoms with Crippen molar-refractivity contribution in [1.29, 1.82) is 0 Å². The topological polar surface area (TPSA) is 42.4 Å². The van der Waals surface area contributed by atoms with Gasteiger partial charge in [0.25, 0.3) is 5.91 Å². The van der Waals surface area contributed by atoms with Crippen molar-refractivity contribution >= 4 is 17.2 Å². The van der Waals surface area contributed by atoms with Crippen molar-refractivity contribution < 1.29 is 13.9 Å². The van der Waals surface area contributed by atoms with Gasteiger partial charge in [-0.3, -0.25) is 4.79 Å². The minimum absolute atomic E-state index is 0.0951. The summed E-state index contributed by atoms with van der Waals surface area (Å²) in [5, 5.41) is 2.95. The van der Waals surface area contributed by atoms with E-state index in [0.717, 1.165) is 24.3 Å². The Morgan fingerprint density at radius 2 is 2.23 bits per heavy atom. The maximum Gasteiger partial charge on any atom is 0.260 e. The number of ether oxygens (including phenoxy) is 1. The molecule has 22 heavy (non-hydrogen) atoms. The molecule has 1 fully saturated rings. The molecule has 0 spiro atoms. The van der Waals surface area contributed by atoms with Crippen LogP contribution in [0.4, 0.5) is 4.39 Å². The van der Waals surface area contributed by atoms with Crippen molar-refractivity contribution in [2.75, 3.05) is 13.2 Å². The molecule has 2 aromatic rings. The summed E-state index contributed by atoms with van der Waals surface area (Å²) in [6, 6.07) is 6.43. The van der Waals surface area contributed by atoms with Crippen molar-refractivity contribution in [2.24, 2.45) is 0 Å². The van der Waals surface area contributed by atoms with Gasteiger partial charge in [-0.15, -0.1) is 11.3 Å². The smallest absolute Gasteiger partial charge is 0.260 e. The average Bonchev–Trinajstić information content (AvgIpc) is 3.22. The molecule has 6 heteroatoms. The molecule has 0 bridgehead atoms. The number of nitrogens with zero attached hydrogens (tertiary/aromatic N) is 2. The second-order valence-electron chi connectivity index (χ2n) is 5.21. The number of halogens is 1. The van der Waals surface area contributed by atoms with Crippen molar-refractivity contribution in [1.82, 2.24) is 9.88 Å². The predicted octanol–water partition coefficient (Wildman–Crippen LogP) is 2.89. The van der Waals surface area contributed by atoms with Gasteiger partial charge in [0.2, 0.25) is 0 Å². The Hall–Kier alpha value is -1.95. The first-order chi connectivity index (χ1) is 10.7. The van der Waals surface area contributed by atoms with E-state index in [4.69, 9.17) is 4.74 Å². The highest BCUT2D eigenvalue weighted by Crippen LogP contribution is 2.27. The fourth-order valence-corrected chi connectivity index (χ4v) is 2.88. The summed E-state index contributed by atoms with van der Waals surface area (Å²) in [5.41, 5.74) is 0. The molecule has 1 amide bonds. The predicted molar refractivity (Wildman–Crippen MR) is 82.4 cm³/mol. The molecule has 0 unspecified atom stereocenters. The number of amides is 1. The molecule has 1 aromatic heterocycles. The number of hydrogen-bond acceptors (Lipinski definition) is 4. The van der Waals surface area contributed by atoms with Gasteiger partial charge in [-0.05, 0) is 25.0 Å². The Labute approximate surface area is 132 Å². The van der Waals surface area contributed by atoms with Gasteiger partial charge in [0, 0.05) is 30.6 Å². The van der Waals surface area contributed by atoms with Crippen LogP contribution in [0.15, 0.2) is 35.8 Å². The monoisotopic (exact) mass is 320 g/mol. The molecule has 0 saturated heterocycles. The standard InChI is InChI=1S/C16H17FN2O2S/c17-13-3-1-2-4-14(13)21-11-16(20)19(12-5-6-12)9-7-15-18-8-10-22-15/h1-4,8,10,12H,5-7,9,11H2. The first-order valence-electron chi connectivity index (χ1n) is 7.29. The van der Waals surface area contributed by atoms with Crippen LogP contribution in [0.1, 0.15) is 17.8 Å². The van der Waals surface area contributed by atoms with Crippen molar-refractivity contribution in [3.05, 3.63) is 46.7 Å². The number of thiazole rings is 1. The first-order valence-corrected chi connectivity index (χ1v) is 8.17. The number of carbonyl (C=O) groups is 1. The summed E-state index contributed by atoms with van der Waals surface area (Å²) in [7, 11) is 0. The second kappa shape index (κ2) is 6.87. The third kappa shape index (κ3) is 3.82. The molecule has 0 atom stereocenters. The second-order valence-corrected chi connectivity index (χ2v) is 6.19. The van der Waals surface area contributed by atoms with Crippen molar-refractivity contribution in [3.8, 4) is 5.75 Å². The molecular formula is C16H17FN2O2S. The number of benzene rings is 1. The lowest BCUT2D eigenvalue weighted by Crippen LogP contribution is -2.38. The molecule has 0 aliphatic heterocycles. The molecule has 0 N–H and O–H groups in total. The molecule has 116 valence electrons. The maximum atomic E-state index is 13.5. The van der Waals surface area contributed by atoms with Gasteiger partial charge < -0.3 is 9.64 Å². The molecule has 1 heterocycles. The molecule has 0 radical (unpaired) electrons. The van der Waals surface area contributed by atoms with E-state index in [0.29, 0.717) is 12.6 Å². The van der Waals surface area contributed by atoms with Gasteiger partial charge in [0.05, 0.1) is 5.01 Å². The SMILES string of the molecule is O=C(COc1ccccc1F)N(CCc1nccs1)C1CC1. The first kappa shape index (κ1) is 15.0. The quantitative estimate of drug-likeness (QED) is 0.788. The summed E-state index contributed by atoms with van der Waals surface area (Å²) in [5.74, 6) is -0.426. The summed E-state index contributed by atoms with van der Waals surface area (Å²) in [6.45, 7) is 0.507. The van der Waals surface area contributed by atoms with Gasteiger partial charge in [0.1, 0.15) is 0 Å². The van der Waals surface area contributed by atoms with Gasteiger partial charge in [-0.1, -0.05) is 12.1 Å². The van der Waals surface area contributed by atoms with Crippen LogP contribution in [-0.4, -0.2) is 35.0 Å². The van der Waals surface area contributed by atoms with Crippen LogP contribution in [0.25, 0.3) is 0 Å². The Balaban J connectivity index is 1.55. The lowest BCUT2D eigenvalue weighted by atomic mass is 10.3. The van der Waals surface area contributed by atoms with Gasteiger partial charge in [-0.2, -0.15) is 0 Å². The fourth-order valence-electron chi connectivity index (χ4n) is 2.27. The number of rotatable bonds is 7. The summed E-state index contributed by atoms with van der Waals surface area (Å²) in [4.78, 5) is 18.4. The average molecular weight is 320 g/mol. The minimum atomic E-state index is -0.448. The van der Waals surface area contributed by atoms with Gasteiger partial charge >= 0.3 is 0 Å². The van der Waals surface area contributed by atoms with Crippen LogP contribution >= 0.6 is 11.3 Å². The van der Waals surface area contributed by atoms with Crippen LogP contribution in [0.5, 0.6) is 5.75 Å². The Morgan fingerprint density at radius 3 is 2.91 bits per heavy atom. The minimum Gasteiger partial charge on any atom is -0.481 e. The molecule has 4 nitrogen and oxygen atoms in total. The van der Waals surface area contributed by atoms with E-state index in [-0.39, 0.29) is 18.3 Å². The van der Waals surface area contributed by atoms with E-state index in [2.05, 4.69) is 4.98 Å². The largest absolute Gasteiger partial charge is 0.481 e. The lowest BCUT2D eigenvalue weighted by molar-refractivity contribution is -0.134. The number of aromatic nitrogens is 1. The van der Waals surface area contributed by atoms with Crippen LogP contribution in [-0.2, 0) is 11.2 Å². The molecule has 1 aliphatic rings. The molecule has 1 saturated carbocycles. The van der Waals surface area contributed by atoms with E-state index in [1.807, 2.05) is 10.3 Å². The zero-order valence-electron chi connectivity index (χ0n) is 12.1. The highest BCUT2D eigenvalue weighted by atomic mass is 32.1. The molecule has 1 aliphatic carbocycles. The number of carbonyl (C=O) groups excluding carboxylic acids is 1.